The van der Waals surface area contributed by atoms with Gasteiger partial charge in [0.05, 0.1) is 20.6 Å². The minimum absolute atomic E-state index is 0.0856. The van der Waals surface area contributed by atoms with Gasteiger partial charge in [0.15, 0.2) is 0 Å². The average Bonchev–Trinajstić information content (AvgIpc) is 2.46. The van der Waals surface area contributed by atoms with Crippen LogP contribution in [0.15, 0.2) is 0 Å². The molecule has 0 bridgehead atoms. The summed E-state index contributed by atoms with van der Waals surface area (Å²) in [4.78, 5) is 11.1. The molecule has 0 spiro atoms. The highest BCUT2D eigenvalue weighted by Crippen LogP contribution is 2.13. The van der Waals surface area contributed by atoms with Crippen LogP contribution in [0.1, 0.15) is 97.3 Å². The lowest BCUT2D eigenvalue weighted by Crippen LogP contribution is -2.58. The molecule has 0 aliphatic rings. The molecule has 0 aromatic carbocycles. The molecule has 0 saturated heterocycles. The van der Waals surface area contributed by atoms with Gasteiger partial charge in [-0.25, -0.2) is 10.0 Å². The highest BCUT2D eigenvalue weighted by Gasteiger charge is 2.17. The molecule has 0 fully saturated rings. The third-order valence-electron chi connectivity index (χ3n) is 4.50. The van der Waals surface area contributed by atoms with Crippen LogP contribution in [0.4, 0.5) is 0 Å². The van der Waals surface area contributed by atoms with E-state index in [0.29, 0.717) is 6.54 Å². The summed E-state index contributed by atoms with van der Waals surface area (Å²) in [5.41, 5.74) is 2.79. The molecule has 0 aliphatic carbocycles. The fraction of sp³-hybridized carbons (Fsp3) is 0.950. The van der Waals surface area contributed by atoms with E-state index in [-0.39, 0.29) is 10.5 Å². The predicted octanol–water partition coefficient (Wildman–Crippen LogP) is 3.93. The minimum atomic E-state index is -0.588. The highest BCUT2D eigenvalue weighted by atomic mass is 16.3. The zero-order valence-corrected chi connectivity index (χ0v) is 16.7. The summed E-state index contributed by atoms with van der Waals surface area (Å²) in [5, 5.41) is 12.0. The number of likely N-dealkylation sites (N-methyl/N-ethyl adjacent to an activating group) is 1. The van der Waals surface area contributed by atoms with Crippen molar-refractivity contribution < 1.29 is 14.5 Å². The van der Waals surface area contributed by atoms with Crippen LogP contribution < -0.4 is 10.5 Å². The fourth-order valence-electron chi connectivity index (χ4n) is 3.29. The second-order valence-corrected chi connectivity index (χ2v) is 7.84. The van der Waals surface area contributed by atoms with Gasteiger partial charge in [0.2, 0.25) is 0 Å². The van der Waals surface area contributed by atoms with Crippen LogP contribution in [-0.4, -0.2) is 37.2 Å². The lowest BCUT2D eigenvalue weighted by molar-refractivity contribution is -0.933. The molecule has 0 heterocycles. The minimum Gasteiger partial charge on any atom is -0.848 e. The molecule has 4 nitrogen and oxygen atoms in total. The normalized spacial score (nSPS) is 13.0. The van der Waals surface area contributed by atoms with E-state index in [2.05, 4.69) is 12.3 Å². The van der Waals surface area contributed by atoms with Gasteiger partial charge in [-0.1, -0.05) is 96.5 Å². The smallest absolute Gasteiger partial charge is 0.261 e. The Balaban J connectivity index is 3.39. The zero-order chi connectivity index (χ0) is 18.3. The molecule has 1 unspecified atom stereocenters. The van der Waals surface area contributed by atoms with Gasteiger partial charge in [-0.3, -0.25) is 4.79 Å². The molecular weight excluding hydrogens is 300 g/mol. The number of hydrogen-bond acceptors (Lipinski definition) is 2. The highest BCUT2D eigenvalue weighted by molar-refractivity contribution is 5.71. The first-order valence-corrected chi connectivity index (χ1v) is 10.1. The van der Waals surface area contributed by atoms with Crippen LogP contribution in [0.5, 0.6) is 0 Å². The summed E-state index contributed by atoms with van der Waals surface area (Å²) < 4.78 is 0.280. The van der Waals surface area contributed by atoms with Gasteiger partial charge in [-0.15, -0.1) is 0 Å². The number of carbonyl (C=O) groups is 1. The summed E-state index contributed by atoms with van der Waals surface area (Å²) in [6.07, 6.45) is 15.9. The summed E-state index contributed by atoms with van der Waals surface area (Å²) in [6, 6.07) is 0. The molecule has 1 N–H and O–H groups in total. The number of amides is 1. The number of nitrogens with one attached hydrogen (secondary N) is 1. The Morgan fingerprint density at radius 1 is 0.875 bits per heavy atom. The molecule has 24 heavy (non-hydrogen) atoms. The van der Waals surface area contributed by atoms with Crippen molar-refractivity contribution >= 4 is 5.91 Å². The van der Waals surface area contributed by atoms with Crippen LogP contribution in [0.2, 0.25) is 0 Å². The second-order valence-electron chi connectivity index (χ2n) is 7.84. The number of hydrogen-bond donors (Lipinski definition) is 1. The maximum absolute atomic E-state index is 12.0. The predicted molar refractivity (Wildman–Crippen MR) is 100 cm³/mol. The zero-order valence-electron chi connectivity index (χ0n) is 16.7. The Morgan fingerprint density at radius 2 is 1.29 bits per heavy atom. The van der Waals surface area contributed by atoms with Crippen molar-refractivity contribution in [1.82, 2.24) is 5.43 Å². The number of rotatable bonds is 16. The van der Waals surface area contributed by atoms with Crippen molar-refractivity contribution in [2.75, 3.05) is 20.6 Å². The molecule has 1 atom stereocenters. The topological polar surface area (TPSA) is 52.2 Å². The van der Waals surface area contributed by atoms with Crippen molar-refractivity contribution in [3.8, 4) is 0 Å². The number of quaternary nitrogens is 1. The van der Waals surface area contributed by atoms with Crippen molar-refractivity contribution in [2.45, 2.75) is 103 Å². The van der Waals surface area contributed by atoms with Crippen molar-refractivity contribution in [1.29, 1.82) is 0 Å². The molecule has 4 heteroatoms. The monoisotopic (exact) mass is 342 g/mol. The van der Waals surface area contributed by atoms with E-state index in [1.165, 1.54) is 77.6 Å². The van der Waals surface area contributed by atoms with Crippen molar-refractivity contribution in [3.05, 3.63) is 0 Å². The maximum atomic E-state index is 12.0. The lowest BCUT2D eigenvalue weighted by Gasteiger charge is -2.35. The summed E-state index contributed by atoms with van der Waals surface area (Å²) >= 11 is 0. The van der Waals surface area contributed by atoms with Gasteiger partial charge in [0.1, 0.15) is 0 Å². The first-order valence-electron chi connectivity index (χ1n) is 10.1. The first kappa shape index (κ1) is 23.4. The van der Waals surface area contributed by atoms with Crippen molar-refractivity contribution in [2.24, 2.45) is 0 Å². The van der Waals surface area contributed by atoms with E-state index >= 15 is 0 Å². The summed E-state index contributed by atoms with van der Waals surface area (Å²) in [6.45, 7) is 4.21. The van der Waals surface area contributed by atoms with Gasteiger partial charge < -0.3 is 5.11 Å². The van der Waals surface area contributed by atoms with E-state index in [0.717, 1.165) is 12.8 Å². The van der Waals surface area contributed by atoms with Crippen LogP contribution in [-0.2, 0) is 4.79 Å². The Hall–Kier alpha value is -0.610. The molecule has 0 aromatic heterocycles. The van der Waals surface area contributed by atoms with E-state index in [4.69, 9.17) is 0 Å². The summed E-state index contributed by atoms with van der Waals surface area (Å²) in [5.74, 6) is -0.0856. The van der Waals surface area contributed by atoms with E-state index in [9.17, 15) is 9.90 Å². The van der Waals surface area contributed by atoms with Gasteiger partial charge in [0.25, 0.3) is 5.91 Å². The Bertz CT molecular complexity index is 306. The van der Waals surface area contributed by atoms with Crippen LogP contribution >= 0.6 is 0 Å². The number of nitrogens with zero attached hydrogens (tertiary/aromatic N) is 1. The Labute approximate surface area is 150 Å². The Kier molecular flexibility index (Phi) is 14.3. The van der Waals surface area contributed by atoms with E-state index in [1.54, 1.807) is 0 Å². The van der Waals surface area contributed by atoms with Crippen molar-refractivity contribution in [3.63, 3.8) is 0 Å². The molecule has 0 aromatic rings. The van der Waals surface area contributed by atoms with E-state index < -0.39 is 6.10 Å². The third-order valence-corrected chi connectivity index (χ3v) is 4.50. The van der Waals surface area contributed by atoms with Gasteiger partial charge in [-0.2, -0.15) is 0 Å². The number of unbranched alkanes of at least 4 members (excludes halogenated alkanes) is 11. The van der Waals surface area contributed by atoms with Gasteiger partial charge in [0, 0.05) is 6.92 Å². The molecule has 0 rings (SSSR count). The molecule has 1 amide bonds. The SMILES string of the molecule is CCCCCCCCCCCCCCC([O-])C[N+](C)(C)NC(C)=O. The first-order chi connectivity index (χ1) is 11.4. The fourth-order valence-corrected chi connectivity index (χ4v) is 3.29. The Morgan fingerprint density at radius 3 is 1.71 bits per heavy atom. The van der Waals surface area contributed by atoms with Crippen LogP contribution in [0.3, 0.4) is 0 Å². The molecule has 0 saturated carbocycles. The molecular formula is C20H42N2O2. The van der Waals surface area contributed by atoms with Gasteiger partial charge in [-0.05, 0) is 0 Å². The van der Waals surface area contributed by atoms with E-state index in [1.807, 2.05) is 14.1 Å². The lowest BCUT2D eigenvalue weighted by atomic mass is 10.0. The largest absolute Gasteiger partial charge is 0.848 e. The van der Waals surface area contributed by atoms with Crippen LogP contribution in [0, 0.1) is 0 Å². The standard InChI is InChI=1S/C20H42N2O2/c1-5-6-7-8-9-10-11-12-13-14-15-16-17-20(24)18-22(3,4)21-19(2)23/h20H,5-18H2,1-4H3,(H,21,23). The maximum Gasteiger partial charge on any atom is 0.261 e. The quantitative estimate of drug-likeness (QED) is 0.262. The van der Waals surface area contributed by atoms with Gasteiger partial charge >= 0.3 is 0 Å². The molecule has 0 aliphatic heterocycles. The van der Waals surface area contributed by atoms with Crippen LogP contribution in [0.25, 0.3) is 0 Å². The molecule has 144 valence electrons. The average molecular weight is 343 g/mol. The summed E-state index contributed by atoms with van der Waals surface area (Å²) in [7, 11) is 3.74. The third kappa shape index (κ3) is 16.3. The second kappa shape index (κ2) is 14.7. The number of carbonyl (C=O) groups excluding carboxylic acids is 1. The molecule has 0 radical (unpaired) electrons.